The molecule has 0 fully saturated rings. The van der Waals surface area contributed by atoms with Crippen molar-refractivity contribution in [3.63, 3.8) is 0 Å². The first-order chi connectivity index (χ1) is 12.7. The second-order valence-corrected chi connectivity index (χ2v) is 5.93. The highest BCUT2D eigenvalue weighted by Gasteiger charge is 2.05. The number of halogens is 1. The first kappa shape index (κ1) is 22.9. The third-order valence-corrected chi connectivity index (χ3v) is 3.82. The molecular formula is C19H29IN6O. The van der Waals surface area contributed by atoms with E-state index in [0.717, 1.165) is 37.5 Å². The Labute approximate surface area is 178 Å². The summed E-state index contributed by atoms with van der Waals surface area (Å²) in [5.41, 5.74) is 1.72. The second-order valence-electron chi connectivity index (χ2n) is 5.93. The van der Waals surface area contributed by atoms with Crippen LogP contribution in [-0.2, 0) is 13.1 Å². The van der Waals surface area contributed by atoms with Gasteiger partial charge in [0, 0.05) is 51.2 Å². The van der Waals surface area contributed by atoms with Crippen molar-refractivity contribution in [1.82, 2.24) is 25.7 Å². The zero-order valence-corrected chi connectivity index (χ0v) is 18.3. The number of nitrogens with one attached hydrogen (secondary N) is 3. The number of amides is 1. The van der Waals surface area contributed by atoms with E-state index in [1.165, 1.54) is 0 Å². The molecule has 0 saturated heterocycles. The number of aryl methyl sites for hydroxylation is 1. The number of hydrogen-bond donors (Lipinski definition) is 3. The van der Waals surface area contributed by atoms with Gasteiger partial charge in [-0.2, -0.15) is 5.10 Å². The minimum atomic E-state index is -0.0326. The highest BCUT2D eigenvalue weighted by atomic mass is 127. The quantitative estimate of drug-likeness (QED) is 0.221. The lowest BCUT2D eigenvalue weighted by molar-refractivity contribution is 0.0953. The Morgan fingerprint density at radius 3 is 2.74 bits per heavy atom. The monoisotopic (exact) mass is 484 g/mol. The third kappa shape index (κ3) is 8.42. The van der Waals surface area contributed by atoms with Crippen LogP contribution in [0.3, 0.4) is 0 Å². The van der Waals surface area contributed by atoms with E-state index in [-0.39, 0.29) is 29.9 Å². The number of carbonyl (C=O) groups is 1. The van der Waals surface area contributed by atoms with E-state index in [0.29, 0.717) is 18.7 Å². The van der Waals surface area contributed by atoms with Crippen LogP contribution in [0.2, 0.25) is 0 Å². The molecule has 0 aliphatic heterocycles. The van der Waals surface area contributed by atoms with Crippen molar-refractivity contribution in [1.29, 1.82) is 0 Å². The van der Waals surface area contributed by atoms with E-state index in [2.05, 4.69) is 26.0 Å². The Hall–Kier alpha value is -2.10. The van der Waals surface area contributed by atoms with E-state index in [9.17, 15) is 4.79 Å². The van der Waals surface area contributed by atoms with Gasteiger partial charge in [0.15, 0.2) is 5.96 Å². The maximum absolute atomic E-state index is 12.0. The van der Waals surface area contributed by atoms with E-state index < -0.39 is 0 Å². The highest BCUT2D eigenvalue weighted by molar-refractivity contribution is 14.0. The molecule has 1 heterocycles. The van der Waals surface area contributed by atoms with Crippen molar-refractivity contribution >= 4 is 35.8 Å². The molecule has 1 amide bonds. The maximum Gasteiger partial charge on any atom is 0.251 e. The summed E-state index contributed by atoms with van der Waals surface area (Å²) in [6, 6.07) is 9.55. The fourth-order valence-corrected chi connectivity index (χ4v) is 2.45. The van der Waals surface area contributed by atoms with E-state index >= 15 is 0 Å². The number of guanidine groups is 1. The smallest absolute Gasteiger partial charge is 0.251 e. The number of carbonyl (C=O) groups excluding carboxylic acids is 1. The average Bonchev–Trinajstić information content (AvgIpc) is 3.19. The van der Waals surface area contributed by atoms with Crippen molar-refractivity contribution in [3.8, 4) is 0 Å². The molecule has 8 heteroatoms. The van der Waals surface area contributed by atoms with Gasteiger partial charge in [0.1, 0.15) is 0 Å². The number of nitrogens with zero attached hydrogens (tertiary/aromatic N) is 3. The first-order valence-corrected chi connectivity index (χ1v) is 9.02. The predicted octanol–water partition coefficient (Wildman–Crippen LogP) is 2.40. The number of hydrogen-bond acceptors (Lipinski definition) is 3. The number of aromatic nitrogens is 2. The van der Waals surface area contributed by atoms with Gasteiger partial charge in [-0.05, 0) is 36.6 Å². The van der Waals surface area contributed by atoms with Crippen molar-refractivity contribution in [3.05, 3.63) is 53.9 Å². The molecule has 148 valence electrons. The fourth-order valence-electron chi connectivity index (χ4n) is 2.45. The Bertz CT molecular complexity index is 702. The molecule has 3 N–H and O–H groups in total. The van der Waals surface area contributed by atoms with Gasteiger partial charge >= 0.3 is 0 Å². The SMILES string of the molecule is CCCNC(=O)c1cccc(CNC(=NC)NCCCn2cccn2)c1.I. The van der Waals surface area contributed by atoms with Crippen LogP contribution in [0.1, 0.15) is 35.7 Å². The van der Waals surface area contributed by atoms with Gasteiger partial charge < -0.3 is 16.0 Å². The van der Waals surface area contributed by atoms with Gasteiger partial charge in [0.2, 0.25) is 0 Å². The van der Waals surface area contributed by atoms with Gasteiger partial charge in [-0.15, -0.1) is 24.0 Å². The largest absolute Gasteiger partial charge is 0.356 e. The summed E-state index contributed by atoms with van der Waals surface area (Å²) >= 11 is 0. The Morgan fingerprint density at radius 2 is 2.04 bits per heavy atom. The minimum absolute atomic E-state index is 0. The number of aliphatic imine (C=N–C) groups is 1. The van der Waals surface area contributed by atoms with Crippen LogP contribution < -0.4 is 16.0 Å². The molecule has 2 rings (SSSR count). The highest BCUT2D eigenvalue weighted by Crippen LogP contribution is 2.05. The molecule has 0 unspecified atom stereocenters. The zero-order chi connectivity index (χ0) is 18.6. The second kappa shape index (κ2) is 13.1. The Balaban J connectivity index is 0.00000364. The predicted molar refractivity (Wildman–Crippen MR) is 120 cm³/mol. The van der Waals surface area contributed by atoms with E-state index in [1.807, 2.05) is 48.1 Å². The Morgan fingerprint density at radius 1 is 1.19 bits per heavy atom. The van der Waals surface area contributed by atoms with Crippen LogP contribution in [-0.4, -0.2) is 41.8 Å². The molecule has 1 aromatic heterocycles. The fraction of sp³-hybridized carbons (Fsp3) is 0.421. The van der Waals surface area contributed by atoms with Gasteiger partial charge in [-0.1, -0.05) is 19.1 Å². The Kier molecular flexibility index (Phi) is 11.2. The molecule has 0 aliphatic rings. The lowest BCUT2D eigenvalue weighted by Gasteiger charge is -2.12. The molecule has 2 aromatic rings. The van der Waals surface area contributed by atoms with Gasteiger partial charge in [0.25, 0.3) is 5.91 Å². The van der Waals surface area contributed by atoms with Gasteiger partial charge in [0.05, 0.1) is 0 Å². The van der Waals surface area contributed by atoms with Crippen LogP contribution in [0, 0.1) is 0 Å². The molecule has 7 nitrogen and oxygen atoms in total. The van der Waals surface area contributed by atoms with Crippen LogP contribution in [0.4, 0.5) is 0 Å². The standard InChI is InChI=1S/C19H28N6O.HI/c1-3-9-21-18(26)17-8-4-7-16(14-17)15-23-19(20-2)22-10-5-12-25-13-6-11-24-25;/h4,6-8,11,13-14H,3,5,9-10,12,15H2,1-2H3,(H,21,26)(H2,20,22,23);1H. The molecule has 0 aliphatic carbocycles. The summed E-state index contributed by atoms with van der Waals surface area (Å²) in [7, 11) is 1.75. The van der Waals surface area contributed by atoms with Gasteiger partial charge in [-0.25, -0.2) is 0 Å². The van der Waals surface area contributed by atoms with Crippen LogP contribution in [0.15, 0.2) is 47.7 Å². The normalized spacial score (nSPS) is 10.8. The topological polar surface area (TPSA) is 83.3 Å². The summed E-state index contributed by atoms with van der Waals surface area (Å²) in [5, 5.41) is 13.6. The molecule has 0 spiro atoms. The van der Waals surface area contributed by atoms with Gasteiger partial charge in [-0.3, -0.25) is 14.5 Å². The molecule has 0 saturated carbocycles. The average molecular weight is 484 g/mol. The van der Waals surface area contributed by atoms with Crippen LogP contribution >= 0.6 is 24.0 Å². The van der Waals surface area contributed by atoms with Crippen molar-refractivity contribution in [2.75, 3.05) is 20.1 Å². The molecular weight excluding hydrogens is 455 g/mol. The van der Waals surface area contributed by atoms with Crippen molar-refractivity contribution in [2.45, 2.75) is 32.9 Å². The zero-order valence-electron chi connectivity index (χ0n) is 15.9. The van der Waals surface area contributed by atoms with Crippen LogP contribution in [0.25, 0.3) is 0 Å². The summed E-state index contributed by atoms with van der Waals surface area (Å²) in [6.07, 6.45) is 5.62. The summed E-state index contributed by atoms with van der Waals surface area (Å²) < 4.78 is 1.91. The summed E-state index contributed by atoms with van der Waals surface area (Å²) in [5.74, 6) is 0.709. The lowest BCUT2D eigenvalue weighted by Crippen LogP contribution is -2.37. The van der Waals surface area contributed by atoms with Crippen molar-refractivity contribution < 1.29 is 4.79 Å². The third-order valence-electron chi connectivity index (χ3n) is 3.82. The van der Waals surface area contributed by atoms with Crippen molar-refractivity contribution in [2.24, 2.45) is 4.99 Å². The molecule has 1 aromatic carbocycles. The minimum Gasteiger partial charge on any atom is -0.356 e. The van der Waals surface area contributed by atoms with Crippen LogP contribution in [0.5, 0.6) is 0 Å². The summed E-state index contributed by atoms with van der Waals surface area (Å²) in [4.78, 5) is 16.3. The summed E-state index contributed by atoms with van der Waals surface area (Å²) in [6.45, 7) is 5.00. The first-order valence-electron chi connectivity index (χ1n) is 9.02. The lowest BCUT2D eigenvalue weighted by atomic mass is 10.1. The molecule has 27 heavy (non-hydrogen) atoms. The number of rotatable bonds is 9. The molecule has 0 bridgehead atoms. The van der Waals surface area contributed by atoms with E-state index in [4.69, 9.17) is 0 Å². The maximum atomic E-state index is 12.0. The molecule has 0 atom stereocenters. The van der Waals surface area contributed by atoms with E-state index in [1.54, 1.807) is 13.2 Å². The molecule has 0 radical (unpaired) electrons. The number of benzene rings is 1.